The van der Waals surface area contributed by atoms with Gasteiger partial charge in [-0.2, -0.15) is 14.6 Å². The second-order valence-corrected chi connectivity index (χ2v) is 11.4. The number of rotatable bonds is 9. The van der Waals surface area contributed by atoms with E-state index in [4.69, 9.17) is 9.47 Å². The van der Waals surface area contributed by atoms with E-state index in [0.717, 1.165) is 6.07 Å². The Morgan fingerprint density at radius 1 is 1.15 bits per heavy atom. The van der Waals surface area contributed by atoms with Crippen LogP contribution in [0.2, 0.25) is 0 Å². The molecule has 0 radical (unpaired) electrons. The van der Waals surface area contributed by atoms with Crippen molar-refractivity contribution in [3.05, 3.63) is 67.0 Å². The fourth-order valence-electron chi connectivity index (χ4n) is 4.09. The van der Waals surface area contributed by atoms with Gasteiger partial charge in [-0.25, -0.2) is 17.8 Å². The summed E-state index contributed by atoms with van der Waals surface area (Å²) in [5, 5.41) is 17.0. The normalized spacial score (nSPS) is 13.9. The van der Waals surface area contributed by atoms with Crippen LogP contribution < -0.4 is 20.1 Å². The number of hydrogen-bond donors (Lipinski definition) is 3. The molecule has 0 amide bonds. The Kier molecular flexibility index (Phi) is 6.56. The molecule has 0 aliphatic carbocycles. The molecule has 40 heavy (non-hydrogen) atoms. The maximum atomic E-state index is 15.2. The van der Waals surface area contributed by atoms with Gasteiger partial charge in [-0.05, 0) is 50.2 Å². The van der Waals surface area contributed by atoms with E-state index in [2.05, 4.69) is 35.9 Å². The summed E-state index contributed by atoms with van der Waals surface area (Å²) >= 11 is 0. The van der Waals surface area contributed by atoms with Crippen molar-refractivity contribution in [2.75, 3.05) is 18.4 Å². The van der Waals surface area contributed by atoms with E-state index in [1.165, 1.54) is 35.1 Å². The number of benzene rings is 2. The SMILES string of the molecule is CC(C)Oc1c(-c2cn[nH]c2)ncn2nc(Nc3ccc(S(=O)(=O)c4cccc(OC5CNC5)c4)cc3F)nc12. The predicted molar refractivity (Wildman–Crippen MR) is 143 cm³/mol. The van der Waals surface area contributed by atoms with E-state index in [9.17, 15) is 8.42 Å². The zero-order valence-electron chi connectivity index (χ0n) is 21.5. The molecule has 6 rings (SSSR count). The van der Waals surface area contributed by atoms with Crippen LogP contribution in [0.4, 0.5) is 16.0 Å². The summed E-state index contributed by atoms with van der Waals surface area (Å²) in [6, 6.07) is 9.80. The number of aromatic nitrogens is 6. The van der Waals surface area contributed by atoms with Gasteiger partial charge in [0.05, 0.1) is 27.8 Å². The molecular formula is C26H25FN8O4S. The van der Waals surface area contributed by atoms with Crippen molar-refractivity contribution < 1.29 is 22.3 Å². The highest BCUT2D eigenvalue weighted by molar-refractivity contribution is 7.91. The Morgan fingerprint density at radius 3 is 2.67 bits per heavy atom. The minimum atomic E-state index is -3.99. The van der Waals surface area contributed by atoms with E-state index < -0.39 is 15.7 Å². The van der Waals surface area contributed by atoms with Crippen LogP contribution in [0.15, 0.2) is 71.0 Å². The van der Waals surface area contributed by atoms with E-state index in [1.54, 1.807) is 24.5 Å². The molecule has 0 unspecified atom stereocenters. The first-order chi connectivity index (χ1) is 19.3. The Balaban J connectivity index is 1.28. The summed E-state index contributed by atoms with van der Waals surface area (Å²) < 4.78 is 54.8. The molecule has 14 heteroatoms. The zero-order valence-corrected chi connectivity index (χ0v) is 22.3. The lowest BCUT2D eigenvalue weighted by Crippen LogP contribution is -2.50. The first-order valence-electron chi connectivity index (χ1n) is 12.5. The minimum absolute atomic E-state index is 0.00114. The average Bonchev–Trinajstić information content (AvgIpc) is 3.58. The van der Waals surface area contributed by atoms with Gasteiger partial charge in [-0.1, -0.05) is 6.07 Å². The smallest absolute Gasteiger partial charge is 0.247 e. The van der Waals surface area contributed by atoms with Crippen molar-refractivity contribution in [2.45, 2.75) is 35.8 Å². The minimum Gasteiger partial charge on any atom is -0.488 e. The van der Waals surface area contributed by atoms with Crippen LogP contribution in [0, 0.1) is 5.82 Å². The molecule has 3 N–H and O–H groups in total. The van der Waals surface area contributed by atoms with Crippen LogP contribution in [-0.2, 0) is 9.84 Å². The van der Waals surface area contributed by atoms with Crippen LogP contribution in [0.25, 0.3) is 16.9 Å². The van der Waals surface area contributed by atoms with Crippen molar-refractivity contribution in [2.24, 2.45) is 0 Å². The fraction of sp³-hybridized carbons (Fsp3) is 0.231. The van der Waals surface area contributed by atoms with Gasteiger partial charge in [0, 0.05) is 24.8 Å². The number of aromatic amines is 1. The van der Waals surface area contributed by atoms with Crippen LogP contribution >= 0.6 is 0 Å². The molecule has 3 aromatic heterocycles. The maximum Gasteiger partial charge on any atom is 0.247 e. The highest BCUT2D eigenvalue weighted by atomic mass is 32.2. The molecular weight excluding hydrogens is 539 g/mol. The lowest BCUT2D eigenvalue weighted by molar-refractivity contribution is 0.142. The summed E-state index contributed by atoms with van der Waals surface area (Å²) in [7, 11) is -3.99. The van der Waals surface area contributed by atoms with E-state index in [-0.39, 0.29) is 33.6 Å². The van der Waals surface area contributed by atoms with Crippen molar-refractivity contribution in [3.8, 4) is 22.8 Å². The lowest BCUT2D eigenvalue weighted by atomic mass is 10.2. The van der Waals surface area contributed by atoms with Crippen molar-refractivity contribution in [3.63, 3.8) is 0 Å². The van der Waals surface area contributed by atoms with Gasteiger partial charge in [0.2, 0.25) is 21.4 Å². The van der Waals surface area contributed by atoms with E-state index in [1.807, 2.05) is 13.8 Å². The molecule has 0 atom stereocenters. The summed E-state index contributed by atoms with van der Waals surface area (Å²) in [6.07, 6.45) is 4.58. The van der Waals surface area contributed by atoms with Crippen LogP contribution in [0.3, 0.4) is 0 Å². The number of nitrogens with one attached hydrogen (secondary N) is 3. The predicted octanol–water partition coefficient (Wildman–Crippen LogP) is 3.37. The first kappa shape index (κ1) is 25.7. The molecule has 1 saturated heterocycles. The average molecular weight is 565 g/mol. The van der Waals surface area contributed by atoms with Crippen molar-refractivity contribution in [1.82, 2.24) is 35.1 Å². The maximum absolute atomic E-state index is 15.2. The van der Waals surface area contributed by atoms with Gasteiger partial charge in [0.15, 0.2) is 5.75 Å². The second-order valence-electron chi connectivity index (χ2n) is 9.42. The Labute approximate surface area is 228 Å². The Morgan fingerprint density at radius 2 is 1.98 bits per heavy atom. The summed E-state index contributed by atoms with van der Waals surface area (Å²) in [6.45, 7) is 5.15. The lowest BCUT2D eigenvalue weighted by Gasteiger charge is -2.27. The Hall–Kier alpha value is -4.56. The number of hydrogen-bond acceptors (Lipinski definition) is 10. The number of anilines is 2. The number of fused-ring (bicyclic) bond motifs is 1. The third-order valence-electron chi connectivity index (χ3n) is 6.13. The molecule has 1 aliphatic heterocycles. The molecule has 4 heterocycles. The van der Waals surface area contributed by atoms with Crippen LogP contribution in [-0.4, -0.2) is 63.5 Å². The number of sulfone groups is 1. The van der Waals surface area contributed by atoms with Crippen molar-refractivity contribution >= 4 is 27.1 Å². The zero-order chi connectivity index (χ0) is 27.9. The largest absolute Gasteiger partial charge is 0.488 e. The molecule has 0 spiro atoms. The summed E-state index contributed by atoms with van der Waals surface area (Å²) in [4.78, 5) is 8.73. The van der Waals surface area contributed by atoms with Gasteiger partial charge in [0.1, 0.15) is 29.7 Å². The van der Waals surface area contributed by atoms with Gasteiger partial charge in [-0.15, -0.1) is 5.10 Å². The molecule has 206 valence electrons. The summed E-state index contributed by atoms with van der Waals surface area (Å²) in [5.74, 6) is 0.116. The van der Waals surface area contributed by atoms with Crippen molar-refractivity contribution in [1.29, 1.82) is 0 Å². The molecule has 0 bridgehead atoms. The highest BCUT2D eigenvalue weighted by Crippen LogP contribution is 2.33. The first-order valence-corrected chi connectivity index (χ1v) is 14.0. The molecule has 12 nitrogen and oxygen atoms in total. The topological polar surface area (TPSA) is 148 Å². The van der Waals surface area contributed by atoms with E-state index in [0.29, 0.717) is 41.5 Å². The number of H-pyrrole nitrogens is 1. The van der Waals surface area contributed by atoms with Gasteiger partial charge in [-0.3, -0.25) is 5.10 Å². The Bertz CT molecular complexity index is 1790. The molecule has 2 aromatic carbocycles. The molecule has 5 aromatic rings. The standard InChI is InChI=1S/C26H25FN8O4S/c1-15(2)38-24-23(16-10-30-31-11-16)29-14-35-25(24)33-26(34-35)32-22-7-6-20(9-21(22)27)40(36,37)19-5-3-4-17(8-19)39-18-12-28-13-18/h3-11,14-15,18,28H,12-13H2,1-2H3,(H,30,31)(H,32,34). The van der Waals surface area contributed by atoms with Crippen LogP contribution in [0.5, 0.6) is 11.5 Å². The van der Waals surface area contributed by atoms with Gasteiger partial charge >= 0.3 is 0 Å². The fourth-order valence-corrected chi connectivity index (χ4v) is 5.40. The molecule has 1 fully saturated rings. The monoisotopic (exact) mass is 564 g/mol. The number of ether oxygens (including phenoxy) is 2. The van der Waals surface area contributed by atoms with E-state index >= 15 is 4.39 Å². The number of nitrogens with zero attached hydrogens (tertiary/aromatic N) is 5. The van der Waals surface area contributed by atoms with Gasteiger partial charge < -0.3 is 20.1 Å². The number of halogens is 1. The summed E-state index contributed by atoms with van der Waals surface area (Å²) in [5.41, 5.74) is 1.59. The molecule has 0 saturated carbocycles. The third-order valence-corrected chi connectivity index (χ3v) is 7.88. The second kappa shape index (κ2) is 10.2. The quantitative estimate of drug-likeness (QED) is 0.243. The van der Waals surface area contributed by atoms with Crippen LogP contribution in [0.1, 0.15) is 13.8 Å². The molecule has 1 aliphatic rings. The third kappa shape index (κ3) is 4.94. The van der Waals surface area contributed by atoms with Gasteiger partial charge in [0.25, 0.3) is 0 Å². The highest BCUT2D eigenvalue weighted by Gasteiger charge is 2.23.